The second-order valence-corrected chi connectivity index (χ2v) is 3.98. The van der Waals surface area contributed by atoms with Crippen LogP contribution in [0, 0.1) is 0 Å². The SMILES string of the molecule is OCCOCCCNCc1cccs1. The van der Waals surface area contributed by atoms with Crippen LogP contribution in [0.2, 0.25) is 0 Å². The molecule has 1 rings (SSSR count). The van der Waals surface area contributed by atoms with Gasteiger partial charge in [-0.05, 0) is 24.4 Å². The molecule has 0 aliphatic carbocycles. The van der Waals surface area contributed by atoms with E-state index in [9.17, 15) is 0 Å². The normalized spacial score (nSPS) is 10.6. The fourth-order valence-corrected chi connectivity index (χ4v) is 1.77. The molecule has 0 fully saturated rings. The summed E-state index contributed by atoms with van der Waals surface area (Å²) in [6.45, 7) is 3.19. The van der Waals surface area contributed by atoms with Crippen LogP contribution in [0.15, 0.2) is 17.5 Å². The molecule has 0 spiro atoms. The number of aliphatic hydroxyl groups excluding tert-OH is 1. The van der Waals surface area contributed by atoms with E-state index in [0.717, 1.165) is 26.1 Å². The molecule has 0 amide bonds. The Balaban J connectivity index is 1.85. The number of ether oxygens (including phenoxy) is 1. The lowest BCUT2D eigenvalue weighted by Gasteiger charge is -2.03. The molecule has 14 heavy (non-hydrogen) atoms. The average molecular weight is 215 g/mol. The summed E-state index contributed by atoms with van der Waals surface area (Å²) >= 11 is 1.77. The molecule has 0 unspecified atom stereocenters. The van der Waals surface area contributed by atoms with Gasteiger partial charge >= 0.3 is 0 Å². The number of rotatable bonds is 8. The Morgan fingerprint density at radius 1 is 1.43 bits per heavy atom. The minimum absolute atomic E-state index is 0.114. The zero-order valence-electron chi connectivity index (χ0n) is 8.24. The van der Waals surface area contributed by atoms with E-state index in [4.69, 9.17) is 9.84 Å². The molecule has 0 aliphatic heterocycles. The van der Waals surface area contributed by atoms with E-state index in [2.05, 4.69) is 22.8 Å². The first-order valence-corrected chi connectivity index (χ1v) is 5.73. The molecule has 4 heteroatoms. The quantitative estimate of drug-likeness (QED) is 0.641. The zero-order valence-corrected chi connectivity index (χ0v) is 9.05. The minimum atomic E-state index is 0.114. The molecule has 3 nitrogen and oxygen atoms in total. The van der Waals surface area contributed by atoms with E-state index in [1.165, 1.54) is 4.88 Å². The predicted molar refractivity (Wildman–Crippen MR) is 58.5 cm³/mol. The van der Waals surface area contributed by atoms with Gasteiger partial charge in [-0.3, -0.25) is 0 Å². The van der Waals surface area contributed by atoms with Gasteiger partial charge in [-0.1, -0.05) is 6.07 Å². The third-order valence-electron chi connectivity index (χ3n) is 1.76. The van der Waals surface area contributed by atoms with Crippen LogP contribution in [-0.2, 0) is 11.3 Å². The van der Waals surface area contributed by atoms with Crippen LogP contribution in [0.1, 0.15) is 11.3 Å². The van der Waals surface area contributed by atoms with Crippen LogP contribution in [0.3, 0.4) is 0 Å². The predicted octanol–water partition coefficient (Wildman–Crippen LogP) is 1.24. The molecule has 1 heterocycles. The van der Waals surface area contributed by atoms with Crippen LogP contribution in [0.25, 0.3) is 0 Å². The highest BCUT2D eigenvalue weighted by Gasteiger charge is 1.92. The van der Waals surface area contributed by atoms with E-state index in [1.807, 2.05) is 0 Å². The van der Waals surface area contributed by atoms with Crippen LogP contribution in [0.4, 0.5) is 0 Å². The maximum atomic E-state index is 8.45. The van der Waals surface area contributed by atoms with Gasteiger partial charge in [-0.15, -0.1) is 11.3 Å². The lowest BCUT2D eigenvalue weighted by molar-refractivity contribution is 0.0907. The minimum Gasteiger partial charge on any atom is -0.394 e. The summed E-state index contributed by atoms with van der Waals surface area (Å²) in [5.74, 6) is 0. The fourth-order valence-electron chi connectivity index (χ4n) is 1.09. The second-order valence-electron chi connectivity index (χ2n) is 2.95. The molecule has 0 radical (unpaired) electrons. The maximum Gasteiger partial charge on any atom is 0.0697 e. The van der Waals surface area contributed by atoms with Gasteiger partial charge in [-0.25, -0.2) is 0 Å². The zero-order chi connectivity index (χ0) is 10.1. The Hall–Kier alpha value is -0.420. The Morgan fingerprint density at radius 3 is 3.07 bits per heavy atom. The molecule has 0 bridgehead atoms. The van der Waals surface area contributed by atoms with Crippen molar-refractivity contribution in [2.75, 3.05) is 26.4 Å². The Bertz CT molecular complexity index is 214. The van der Waals surface area contributed by atoms with Gasteiger partial charge in [0.1, 0.15) is 0 Å². The molecular weight excluding hydrogens is 198 g/mol. The van der Waals surface area contributed by atoms with Gasteiger partial charge in [0.25, 0.3) is 0 Å². The summed E-state index contributed by atoms with van der Waals surface area (Å²) in [6.07, 6.45) is 0.991. The van der Waals surface area contributed by atoms with Crippen molar-refractivity contribution in [1.29, 1.82) is 0 Å². The van der Waals surface area contributed by atoms with Crippen molar-refractivity contribution in [3.05, 3.63) is 22.4 Å². The van der Waals surface area contributed by atoms with E-state index in [0.29, 0.717) is 6.61 Å². The van der Waals surface area contributed by atoms with Crippen LogP contribution in [0.5, 0.6) is 0 Å². The van der Waals surface area contributed by atoms with E-state index < -0.39 is 0 Å². The number of aliphatic hydroxyl groups is 1. The summed E-state index contributed by atoms with van der Waals surface area (Å²) in [4.78, 5) is 1.36. The highest BCUT2D eigenvalue weighted by atomic mass is 32.1. The Kier molecular flexibility index (Phi) is 6.61. The number of hydrogen-bond donors (Lipinski definition) is 2. The van der Waals surface area contributed by atoms with Crippen molar-refractivity contribution >= 4 is 11.3 Å². The molecular formula is C10H17NO2S. The monoisotopic (exact) mass is 215 g/mol. The smallest absolute Gasteiger partial charge is 0.0697 e. The maximum absolute atomic E-state index is 8.45. The Labute approximate surface area is 88.7 Å². The average Bonchev–Trinajstić information content (AvgIpc) is 2.69. The molecule has 0 aromatic carbocycles. The van der Waals surface area contributed by atoms with Crippen molar-refractivity contribution in [1.82, 2.24) is 5.32 Å². The highest BCUT2D eigenvalue weighted by Crippen LogP contribution is 2.06. The Morgan fingerprint density at radius 2 is 2.36 bits per heavy atom. The molecule has 80 valence electrons. The summed E-state index contributed by atoms with van der Waals surface area (Å²) in [5.41, 5.74) is 0. The molecule has 1 aromatic rings. The summed E-state index contributed by atoms with van der Waals surface area (Å²) < 4.78 is 5.13. The number of thiophene rings is 1. The van der Waals surface area contributed by atoms with Gasteiger partial charge in [0.15, 0.2) is 0 Å². The summed E-state index contributed by atoms with van der Waals surface area (Å²) in [6, 6.07) is 4.19. The topological polar surface area (TPSA) is 41.5 Å². The lowest BCUT2D eigenvalue weighted by atomic mass is 10.4. The first kappa shape index (κ1) is 11.7. The molecule has 1 aromatic heterocycles. The molecule has 0 atom stereocenters. The molecule has 0 aliphatic rings. The van der Waals surface area contributed by atoms with Crippen molar-refractivity contribution in [3.63, 3.8) is 0 Å². The van der Waals surface area contributed by atoms with E-state index >= 15 is 0 Å². The van der Waals surface area contributed by atoms with Crippen molar-refractivity contribution in [2.24, 2.45) is 0 Å². The van der Waals surface area contributed by atoms with Crippen molar-refractivity contribution < 1.29 is 9.84 Å². The second kappa shape index (κ2) is 7.94. The third-order valence-corrected chi connectivity index (χ3v) is 2.63. The van der Waals surface area contributed by atoms with E-state index in [-0.39, 0.29) is 6.61 Å². The number of hydrogen-bond acceptors (Lipinski definition) is 4. The van der Waals surface area contributed by atoms with Crippen molar-refractivity contribution in [2.45, 2.75) is 13.0 Å². The number of nitrogens with one attached hydrogen (secondary N) is 1. The first-order valence-electron chi connectivity index (χ1n) is 4.85. The molecule has 0 saturated heterocycles. The van der Waals surface area contributed by atoms with Gasteiger partial charge in [0, 0.05) is 18.0 Å². The van der Waals surface area contributed by atoms with E-state index in [1.54, 1.807) is 11.3 Å². The summed E-state index contributed by atoms with van der Waals surface area (Å²) in [7, 11) is 0. The van der Waals surface area contributed by atoms with Crippen LogP contribution >= 0.6 is 11.3 Å². The summed E-state index contributed by atoms with van der Waals surface area (Å²) in [5, 5.41) is 13.9. The van der Waals surface area contributed by atoms with Gasteiger partial charge in [-0.2, -0.15) is 0 Å². The fraction of sp³-hybridized carbons (Fsp3) is 0.600. The first-order chi connectivity index (χ1) is 6.93. The van der Waals surface area contributed by atoms with Crippen LogP contribution in [-0.4, -0.2) is 31.5 Å². The van der Waals surface area contributed by atoms with Gasteiger partial charge < -0.3 is 15.2 Å². The van der Waals surface area contributed by atoms with Crippen molar-refractivity contribution in [3.8, 4) is 0 Å². The highest BCUT2D eigenvalue weighted by molar-refractivity contribution is 7.09. The van der Waals surface area contributed by atoms with Gasteiger partial charge in [0.05, 0.1) is 13.2 Å². The lowest BCUT2D eigenvalue weighted by Crippen LogP contribution is -2.16. The standard InChI is InChI=1S/C10H17NO2S/c12-5-7-13-6-2-4-11-9-10-3-1-8-14-10/h1,3,8,11-12H,2,4-7,9H2. The third kappa shape index (κ3) is 5.34. The van der Waals surface area contributed by atoms with Gasteiger partial charge in [0.2, 0.25) is 0 Å². The van der Waals surface area contributed by atoms with Crippen LogP contribution < -0.4 is 5.32 Å². The largest absolute Gasteiger partial charge is 0.394 e. The molecule has 2 N–H and O–H groups in total. The molecule has 0 saturated carbocycles.